The molecule has 0 radical (unpaired) electrons. The standard InChI is InChI=1S/C14H16N2/c1-2-6-14-13(5-1)12(7-8-15-14)11-16-9-3-4-10-16/h1-2,5-8H,3-4,9-11H2. The van der Waals surface area contributed by atoms with Gasteiger partial charge in [0.05, 0.1) is 5.52 Å². The molecule has 1 aromatic carbocycles. The Labute approximate surface area is 95.9 Å². The van der Waals surface area contributed by atoms with Gasteiger partial charge in [-0.3, -0.25) is 9.88 Å². The molecule has 0 N–H and O–H groups in total. The smallest absolute Gasteiger partial charge is 0.0705 e. The number of likely N-dealkylation sites (tertiary alicyclic amines) is 1. The van der Waals surface area contributed by atoms with E-state index in [0.29, 0.717) is 0 Å². The fourth-order valence-electron chi connectivity index (χ4n) is 2.47. The zero-order valence-electron chi connectivity index (χ0n) is 9.39. The van der Waals surface area contributed by atoms with Crippen molar-refractivity contribution in [2.45, 2.75) is 19.4 Å². The minimum absolute atomic E-state index is 1.07. The third-order valence-electron chi connectivity index (χ3n) is 3.33. The summed E-state index contributed by atoms with van der Waals surface area (Å²) in [5, 5.41) is 1.30. The second kappa shape index (κ2) is 4.22. The summed E-state index contributed by atoms with van der Waals surface area (Å²) in [6, 6.07) is 10.6. The third kappa shape index (κ3) is 1.81. The van der Waals surface area contributed by atoms with Crippen LogP contribution in [-0.2, 0) is 6.54 Å². The van der Waals surface area contributed by atoms with Crippen molar-refractivity contribution in [3.63, 3.8) is 0 Å². The molecule has 0 saturated carbocycles. The quantitative estimate of drug-likeness (QED) is 0.761. The molecule has 0 unspecified atom stereocenters. The lowest BCUT2D eigenvalue weighted by Crippen LogP contribution is -2.18. The van der Waals surface area contributed by atoms with Gasteiger partial charge < -0.3 is 0 Å². The number of benzene rings is 1. The summed E-state index contributed by atoms with van der Waals surface area (Å²) < 4.78 is 0. The third-order valence-corrected chi connectivity index (χ3v) is 3.33. The second-order valence-corrected chi connectivity index (χ2v) is 4.47. The van der Waals surface area contributed by atoms with E-state index in [1.54, 1.807) is 0 Å². The molecule has 1 aromatic heterocycles. The van der Waals surface area contributed by atoms with Crippen molar-refractivity contribution in [2.75, 3.05) is 13.1 Å². The first-order valence-corrected chi connectivity index (χ1v) is 5.98. The Morgan fingerprint density at radius 3 is 2.75 bits per heavy atom. The Balaban J connectivity index is 1.96. The van der Waals surface area contributed by atoms with Crippen LogP contribution < -0.4 is 0 Å². The Morgan fingerprint density at radius 1 is 1.06 bits per heavy atom. The van der Waals surface area contributed by atoms with Gasteiger partial charge in [0.15, 0.2) is 0 Å². The first-order valence-electron chi connectivity index (χ1n) is 5.98. The molecule has 2 nitrogen and oxygen atoms in total. The monoisotopic (exact) mass is 212 g/mol. The maximum Gasteiger partial charge on any atom is 0.0705 e. The Morgan fingerprint density at radius 2 is 1.88 bits per heavy atom. The highest BCUT2D eigenvalue weighted by Gasteiger charge is 2.12. The van der Waals surface area contributed by atoms with Crippen molar-refractivity contribution >= 4 is 10.9 Å². The molecule has 16 heavy (non-hydrogen) atoms. The molecule has 1 aliphatic rings. The van der Waals surface area contributed by atoms with Gasteiger partial charge >= 0.3 is 0 Å². The highest BCUT2D eigenvalue weighted by atomic mass is 15.1. The number of para-hydroxylation sites is 1. The molecule has 2 heterocycles. The zero-order chi connectivity index (χ0) is 10.8. The maximum atomic E-state index is 4.40. The Bertz CT molecular complexity index is 482. The predicted molar refractivity (Wildman–Crippen MR) is 66.3 cm³/mol. The van der Waals surface area contributed by atoms with Crippen LogP contribution in [0.25, 0.3) is 10.9 Å². The van der Waals surface area contributed by atoms with E-state index < -0.39 is 0 Å². The Kier molecular flexibility index (Phi) is 2.58. The maximum absolute atomic E-state index is 4.40. The van der Waals surface area contributed by atoms with Gasteiger partial charge in [-0.15, -0.1) is 0 Å². The summed E-state index contributed by atoms with van der Waals surface area (Å²) in [7, 11) is 0. The van der Waals surface area contributed by atoms with Gasteiger partial charge in [-0.1, -0.05) is 18.2 Å². The van der Waals surface area contributed by atoms with Crippen LogP contribution in [0.15, 0.2) is 36.5 Å². The van der Waals surface area contributed by atoms with Crippen LogP contribution >= 0.6 is 0 Å². The van der Waals surface area contributed by atoms with E-state index in [2.05, 4.69) is 40.2 Å². The molecule has 1 fully saturated rings. The molecule has 2 aromatic rings. The van der Waals surface area contributed by atoms with E-state index in [4.69, 9.17) is 0 Å². The van der Waals surface area contributed by atoms with Gasteiger partial charge in [-0.05, 0) is 43.6 Å². The summed E-state index contributed by atoms with van der Waals surface area (Å²) in [4.78, 5) is 6.93. The van der Waals surface area contributed by atoms with E-state index in [1.165, 1.54) is 36.9 Å². The molecule has 82 valence electrons. The van der Waals surface area contributed by atoms with Crippen LogP contribution in [0, 0.1) is 0 Å². The lowest BCUT2D eigenvalue weighted by atomic mass is 10.1. The molecule has 3 rings (SSSR count). The predicted octanol–water partition coefficient (Wildman–Crippen LogP) is 2.83. The first kappa shape index (κ1) is 9.79. The average molecular weight is 212 g/mol. The van der Waals surface area contributed by atoms with Gasteiger partial charge in [0, 0.05) is 18.1 Å². The highest BCUT2D eigenvalue weighted by Crippen LogP contribution is 2.19. The summed E-state index contributed by atoms with van der Waals surface area (Å²) in [6.45, 7) is 3.57. The van der Waals surface area contributed by atoms with Crippen molar-refractivity contribution in [2.24, 2.45) is 0 Å². The summed E-state index contributed by atoms with van der Waals surface area (Å²) in [5.74, 6) is 0. The van der Waals surface area contributed by atoms with E-state index in [1.807, 2.05) is 6.20 Å². The van der Waals surface area contributed by atoms with Crippen molar-refractivity contribution in [3.8, 4) is 0 Å². The molecule has 1 saturated heterocycles. The topological polar surface area (TPSA) is 16.1 Å². The number of nitrogens with zero attached hydrogens (tertiary/aromatic N) is 2. The number of rotatable bonds is 2. The van der Waals surface area contributed by atoms with E-state index >= 15 is 0 Å². The SMILES string of the molecule is c1ccc2c(CN3CCCC3)ccnc2c1. The minimum Gasteiger partial charge on any atom is -0.299 e. The van der Waals surface area contributed by atoms with Gasteiger partial charge in [0.25, 0.3) is 0 Å². The molecule has 0 atom stereocenters. The van der Waals surface area contributed by atoms with Crippen molar-refractivity contribution < 1.29 is 0 Å². The van der Waals surface area contributed by atoms with Crippen LogP contribution in [0.5, 0.6) is 0 Å². The van der Waals surface area contributed by atoms with Crippen LogP contribution in [0.2, 0.25) is 0 Å². The van der Waals surface area contributed by atoms with E-state index in [9.17, 15) is 0 Å². The van der Waals surface area contributed by atoms with Gasteiger partial charge in [-0.2, -0.15) is 0 Å². The van der Waals surface area contributed by atoms with Gasteiger partial charge in [0.2, 0.25) is 0 Å². The Hall–Kier alpha value is -1.41. The molecular formula is C14H16N2. The molecule has 0 amide bonds. The number of hydrogen-bond donors (Lipinski definition) is 0. The number of pyridine rings is 1. The van der Waals surface area contributed by atoms with Gasteiger partial charge in [-0.25, -0.2) is 0 Å². The van der Waals surface area contributed by atoms with E-state index in [0.717, 1.165) is 12.1 Å². The normalized spacial score (nSPS) is 17.0. The molecule has 0 aliphatic carbocycles. The highest BCUT2D eigenvalue weighted by molar-refractivity contribution is 5.81. The first-order chi connectivity index (χ1) is 7.93. The number of aromatic nitrogens is 1. The molecule has 1 aliphatic heterocycles. The second-order valence-electron chi connectivity index (χ2n) is 4.47. The fraction of sp³-hybridized carbons (Fsp3) is 0.357. The fourth-order valence-corrected chi connectivity index (χ4v) is 2.47. The lowest BCUT2D eigenvalue weighted by Gasteiger charge is -2.15. The van der Waals surface area contributed by atoms with Crippen molar-refractivity contribution in [1.29, 1.82) is 0 Å². The van der Waals surface area contributed by atoms with Crippen molar-refractivity contribution in [3.05, 3.63) is 42.1 Å². The summed E-state index contributed by atoms with van der Waals surface area (Å²) >= 11 is 0. The van der Waals surface area contributed by atoms with Crippen LogP contribution in [-0.4, -0.2) is 23.0 Å². The largest absolute Gasteiger partial charge is 0.299 e. The molecule has 0 bridgehead atoms. The van der Waals surface area contributed by atoms with Crippen LogP contribution in [0.4, 0.5) is 0 Å². The van der Waals surface area contributed by atoms with Crippen LogP contribution in [0.1, 0.15) is 18.4 Å². The number of fused-ring (bicyclic) bond motifs is 1. The summed E-state index contributed by atoms with van der Waals surface area (Å²) in [5.41, 5.74) is 2.52. The minimum atomic E-state index is 1.07. The van der Waals surface area contributed by atoms with Gasteiger partial charge in [0.1, 0.15) is 0 Å². The zero-order valence-corrected chi connectivity index (χ0v) is 9.39. The average Bonchev–Trinajstić information content (AvgIpc) is 2.82. The summed E-state index contributed by atoms with van der Waals surface area (Å²) in [6.07, 6.45) is 4.62. The lowest BCUT2D eigenvalue weighted by molar-refractivity contribution is 0.332. The van der Waals surface area contributed by atoms with Crippen molar-refractivity contribution in [1.82, 2.24) is 9.88 Å². The molecular weight excluding hydrogens is 196 g/mol. The molecule has 2 heteroatoms. The van der Waals surface area contributed by atoms with E-state index in [-0.39, 0.29) is 0 Å². The number of hydrogen-bond acceptors (Lipinski definition) is 2. The van der Waals surface area contributed by atoms with Crippen LogP contribution in [0.3, 0.4) is 0 Å². The molecule has 0 spiro atoms.